The van der Waals surface area contributed by atoms with E-state index in [0.29, 0.717) is 25.7 Å². The number of aliphatic hydroxyl groups is 5. The van der Waals surface area contributed by atoms with Crippen LogP contribution in [0.2, 0.25) is 0 Å². The van der Waals surface area contributed by atoms with Crippen molar-refractivity contribution in [1.82, 2.24) is 0 Å². The molecule has 11 heteroatoms. The van der Waals surface area contributed by atoms with Crippen molar-refractivity contribution in [2.75, 3.05) is 6.61 Å². The molecule has 0 aliphatic heterocycles. The first kappa shape index (κ1) is 33.2. The third-order valence-electron chi connectivity index (χ3n) is 11.4. The minimum atomic E-state index is -4.70. The molecule has 0 aromatic rings. The van der Waals surface area contributed by atoms with Crippen LogP contribution in [-0.4, -0.2) is 75.1 Å². The molecule has 4 aliphatic carbocycles. The van der Waals surface area contributed by atoms with Gasteiger partial charge in [0.05, 0.1) is 36.6 Å². The van der Waals surface area contributed by atoms with E-state index in [0.717, 1.165) is 25.7 Å². The molecule has 13 atom stereocenters. The van der Waals surface area contributed by atoms with E-state index in [2.05, 4.69) is 18.0 Å². The number of rotatable bonds is 8. The van der Waals surface area contributed by atoms with E-state index in [9.17, 15) is 38.5 Å². The van der Waals surface area contributed by atoms with Crippen molar-refractivity contribution in [2.45, 2.75) is 115 Å². The number of hydrogen-bond acceptors (Lipinski definition) is 9. The van der Waals surface area contributed by atoms with Crippen LogP contribution in [-0.2, 0) is 14.6 Å². The first-order chi connectivity index (χ1) is 17.0. The topological polar surface area (TPSA) is 168 Å². The second-order valence-electron chi connectivity index (χ2n) is 13.5. The van der Waals surface area contributed by atoms with Gasteiger partial charge in [-0.3, -0.25) is 4.18 Å². The molecule has 0 radical (unpaired) electrons. The third-order valence-corrected chi connectivity index (χ3v) is 11.9. The van der Waals surface area contributed by atoms with Crippen LogP contribution in [0, 0.1) is 46.3 Å². The normalized spacial score (nSPS) is 48.3. The summed E-state index contributed by atoms with van der Waals surface area (Å²) in [5.74, 6) is -0.223. The van der Waals surface area contributed by atoms with Crippen LogP contribution >= 0.6 is 0 Å². The van der Waals surface area contributed by atoms with Crippen molar-refractivity contribution in [3.8, 4) is 0 Å². The van der Waals surface area contributed by atoms with Crippen LogP contribution in [0.25, 0.3) is 0 Å². The summed E-state index contributed by atoms with van der Waals surface area (Å²) in [4.78, 5) is 0. The summed E-state index contributed by atoms with van der Waals surface area (Å²) in [5.41, 5.74) is -2.22. The van der Waals surface area contributed by atoms with Crippen molar-refractivity contribution >= 4 is 10.4 Å². The summed E-state index contributed by atoms with van der Waals surface area (Å²) >= 11 is 0. The average Bonchev–Trinajstić information content (AvgIpc) is 2.99. The summed E-state index contributed by atoms with van der Waals surface area (Å²) in [6, 6.07) is 0. The maximum Gasteiger partial charge on any atom is 1.00 e. The van der Waals surface area contributed by atoms with Gasteiger partial charge in [0, 0.05) is 11.8 Å². The van der Waals surface area contributed by atoms with Gasteiger partial charge in [0.25, 0.3) is 0 Å². The Balaban J connectivity index is 0.00000400. The van der Waals surface area contributed by atoms with Gasteiger partial charge in [-0.15, -0.1) is 0 Å². The summed E-state index contributed by atoms with van der Waals surface area (Å²) in [6.07, 6.45) is 2.26. The zero-order valence-electron chi connectivity index (χ0n) is 23.6. The maximum atomic E-state index is 11.6. The van der Waals surface area contributed by atoms with Crippen LogP contribution in [0.3, 0.4) is 0 Å². The molecule has 38 heavy (non-hydrogen) atoms. The van der Waals surface area contributed by atoms with E-state index in [4.69, 9.17) is 0 Å². The quantitative estimate of drug-likeness (QED) is 0.139. The van der Waals surface area contributed by atoms with E-state index in [-0.39, 0.29) is 83.5 Å². The fourth-order valence-electron chi connectivity index (χ4n) is 9.63. The van der Waals surface area contributed by atoms with Crippen LogP contribution in [0.5, 0.6) is 0 Å². The Labute approximate surface area is 250 Å². The average molecular weight is 571 g/mol. The molecule has 0 bridgehead atoms. The molecule has 0 aromatic carbocycles. The second-order valence-corrected chi connectivity index (χ2v) is 14.6. The fourth-order valence-corrected chi connectivity index (χ4v) is 10.0. The Bertz CT molecular complexity index is 936. The maximum absolute atomic E-state index is 11.6. The van der Waals surface area contributed by atoms with Gasteiger partial charge in [0.15, 0.2) is 0 Å². The van der Waals surface area contributed by atoms with Crippen molar-refractivity contribution in [3.05, 3.63) is 0 Å². The summed E-state index contributed by atoms with van der Waals surface area (Å²) in [7, 11) is -4.70. The van der Waals surface area contributed by atoms with Gasteiger partial charge < -0.3 is 30.1 Å². The van der Waals surface area contributed by atoms with Gasteiger partial charge in [0.1, 0.15) is 0 Å². The molecule has 216 valence electrons. The summed E-state index contributed by atoms with van der Waals surface area (Å²) < 4.78 is 36.5. The van der Waals surface area contributed by atoms with Crippen molar-refractivity contribution < 1.29 is 72.2 Å². The Morgan fingerprint density at radius 2 is 1.68 bits per heavy atom. The predicted octanol–water partition coefficient (Wildman–Crippen LogP) is -1.04. The largest absolute Gasteiger partial charge is 1.00 e. The van der Waals surface area contributed by atoms with Crippen LogP contribution < -0.4 is 29.6 Å². The van der Waals surface area contributed by atoms with E-state index >= 15 is 0 Å². The molecule has 0 saturated heterocycles. The Hall–Kier alpha value is 0.670. The number of hydrogen-bond donors (Lipinski definition) is 5. The van der Waals surface area contributed by atoms with Crippen molar-refractivity contribution in [1.29, 1.82) is 0 Å². The Morgan fingerprint density at radius 1 is 1.03 bits per heavy atom. The molecular weight excluding hydrogens is 523 g/mol. The van der Waals surface area contributed by atoms with E-state index in [1.54, 1.807) is 0 Å². The third kappa shape index (κ3) is 5.68. The zero-order valence-corrected chi connectivity index (χ0v) is 26.4. The molecule has 4 fully saturated rings. The molecule has 0 aromatic heterocycles. The molecule has 4 aliphatic rings. The van der Waals surface area contributed by atoms with Crippen LogP contribution in [0.1, 0.15) is 85.5 Å². The van der Waals surface area contributed by atoms with Crippen LogP contribution in [0.4, 0.5) is 0 Å². The molecule has 0 heterocycles. The van der Waals surface area contributed by atoms with Crippen molar-refractivity contribution in [2.24, 2.45) is 46.3 Å². The van der Waals surface area contributed by atoms with Gasteiger partial charge in [0.2, 0.25) is 10.4 Å². The van der Waals surface area contributed by atoms with Gasteiger partial charge >= 0.3 is 29.6 Å². The van der Waals surface area contributed by atoms with Gasteiger partial charge in [-0.25, -0.2) is 8.42 Å². The van der Waals surface area contributed by atoms with E-state index in [1.165, 1.54) is 0 Å². The molecule has 0 unspecified atom stereocenters. The first-order valence-corrected chi connectivity index (χ1v) is 15.4. The number of fused-ring (bicyclic) bond motifs is 5. The zero-order chi connectivity index (χ0) is 27.6. The van der Waals surface area contributed by atoms with Gasteiger partial charge in [-0.05, 0) is 79.4 Å². The molecule has 5 N–H and O–H groups in total. The molecule has 9 nitrogen and oxygen atoms in total. The smallest absolute Gasteiger partial charge is 0.726 e. The standard InChI is InChI=1S/C27H48O9S.Na/c1-15(14-36-37(33,34)35)6-5-7-16(2)21-23(30)24(31)22-18-12-20(29)27(32)13-17(28)8-11-26(27,4)19(18)9-10-25(21,22)3;/h15-24,28-32H,5-14H2,1-4H3,(H,33,34,35);/q;+1/p-1/t15-,16+,17-,18+,19-,20+,21-,22+,23+,24+,25+,26+,27-;/m0./s1. The van der Waals surface area contributed by atoms with Gasteiger partial charge in [-0.2, -0.15) is 0 Å². The molecule has 4 rings (SSSR count). The van der Waals surface area contributed by atoms with Crippen LogP contribution in [0.15, 0.2) is 0 Å². The number of aliphatic hydroxyl groups excluding tert-OH is 4. The van der Waals surface area contributed by atoms with Gasteiger partial charge in [-0.1, -0.05) is 40.5 Å². The first-order valence-electron chi connectivity index (χ1n) is 14.1. The van der Waals surface area contributed by atoms with E-state index in [1.807, 2.05) is 13.8 Å². The second kappa shape index (κ2) is 11.7. The summed E-state index contributed by atoms with van der Waals surface area (Å²) in [6.45, 7) is 8.01. The summed E-state index contributed by atoms with van der Waals surface area (Å²) in [5, 5.41) is 55.9. The minimum absolute atomic E-state index is 0. The molecule has 0 amide bonds. The molecular formula is C27H47NaO9S. The Kier molecular flexibility index (Phi) is 10.3. The monoisotopic (exact) mass is 570 g/mol. The minimum Gasteiger partial charge on any atom is -0.726 e. The molecule has 0 spiro atoms. The van der Waals surface area contributed by atoms with Crippen molar-refractivity contribution in [3.63, 3.8) is 0 Å². The SMILES string of the molecule is C[C@@H](CCC[C@@H](C)[C@H]1[C@@H](O)[C@H](O)[C@H]2[C@@H]3C[C@@H](O)[C@@]4(O)C[C@@H](O)CC[C@]4(C)[C@H]3CC[C@]12C)COS(=O)(=O)[O-].[Na+]. The molecule has 4 saturated carbocycles. The van der Waals surface area contributed by atoms with E-state index < -0.39 is 45.8 Å². The fraction of sp³-hybridized carbons (Fsp3) is 1.00. The Morgan fingerprint density at radius 3 is 2.32 bits per heavy atom. The predicted molar refractivity (Wildman–Crippen MR) is 135 cm³/mol.